The van der Waals surface area contributed by atoms with Gasteiger partial charge in [-0.05, 0) is 36.5 Å². The number of hydrogen-bond donors (Lipinski definition) is 0. The molecule has 4 heteroatoms. The van der Waals surface area contributed by atoms with Crippen molar-refractivity contribution in [1.82, 2.24) is 4.90 Å². The van der Waals surface area contributed by atoms with Gasteiger partial charge < -0.3 is 0 Å². The van der Waals surface area contributed by atoms with Crippen LogP contribution >= 0.6 is 0 Å². The Morgan fingerprint density at radius 3 is 2.50 bits per heavy atom. The first kappa shape index (κ1) is 15.5. The average Bonchev–Trinajstić information content (AvgIpc) is 2.98. The summed E-state index contributed by atoms with van der Waals surface area (Å²) in [4.78, 5) is 7.08. The number of nitrogens with zero attached hydrogens (tertiary/aromatic N) is 2. The number of fused-ring (bicyclic) bond motifs is 1. The molecule has 2 aliphatic heterocycles. The van der Waals surface area contributed by atoms with E-state index in [-0.39, 0.29) is 11.6 Å². The Morgan fingerprint density at radius 2 is 1.75 bits per heavy atom. The normalized spacial score (nSPS) is 23.8. The first-order valence-corrected chi connectivity index (χ1v) is 8.48. The molecule has 1 saturated heterocycles. The van der Waals surface area contributed by atoms with Gasteiger partial charge in [0.2, 0.25) is 0 Å². The Balaban J connectivity index is 1.47. The molecule has 0 N–H and O–H groups in total. The maximum absolute atomic E-state index is 14.0. The number of benzene rings is 2. The van der Waals surface area contributed by atoms with Gasteiger partial charge in [-0.3, -0.25) is 9.89 Å². The van der Waals surface area contributed by atoms with Crippen molar-refractivity contribution in [2.45, 2.75) is 25.4 Å². The van der Waals surface area contributed by atoms with Gasteiger partial charge in [0.25, 0.3) is 0 Å². The highest BCUT2D eigenvalue weighted by molar-refractivity contribution is 6.02. The van der Waals surface area contributed by atoms with Crippen LogP contribution < -0.4 is 0 Å². The zero-order chi connectivity index (χ0) is 16.5. The average molecular weight is 326 g/mol. The van der Waals surface area contributed by atoms with Crippen LogP contribution in [0.3, 0.4) is 0 Å². The van der Waals surface area contributed by atoms with E-state index in [1.54, 1.807) is 0 Å². The standard InChI is InChI=1S/C20H20F2N2/c21-16-7-4-8-17(22)20(16)19-11-15-13-24(10-9-18(15)23-19)12-14-5-2-1-3-6-14/h1-8,15,18H,9-13H2. The van der Waals surface area contributed by atoms with E-state index >= 15 is 0 Å². The Morgan fingerprint density at radius 1 is 1.00 bits per heavy atom. The molecule has 2 unspecified atom stereocenters. The van der Waals surface area contributed by atoms with Gasteiger partial charge in [-0.1, -0.05) is 36.4 Å². The number of halogens is 2. The van der Waals surface area contributed by atoms with Crippen LogP contribution in [0, 0.1) is 17.6 Å². The predicted molar refractivity (Wildman–Crippen MR) is 91.1 cm³/mol. The van der Waals surface area contributed by atoms with Crippen molar-refractivity contribution in [2.24, 2.45) is 10.9 Å². The molecule has 0 saturated carbocycles. The van der Waals surface area contributed by atoms with Crippen molar-refractivity contribution >= 4 is 5.71 Å². The summed E-state index contributed by atoms with van der Waals surface area (Å²) < 4.78 is 28.0. The fourth-order valence-electron chi connectivity index (χ4n) is 3.89. The maximum atomic E-state index is 14.0. The second-order valence-electron chi connectivity index (χ2n) is 6.71. The van der Waals surface area contributed by atoms with Crippen LogP contribution in [0.4, 0.5) is 8.78 Å². The molecule has 0 aliphatic carbocycles. The van der Waals surface area contributed by atoms with Crippen molar-refractivity contribution in [2.75, 3.05) is 13.1 Å². The van der Waals surface area contributed by atoms with Crippen molar-refractivity contribution in [1.29, 1.82) is 0 Å². The third-order valence-electron chi connectivity index (χ3n) is 5.06. The molecule has 124 valence electrons. The number of likely N-dealkylation sites (tertiary alicyclic amines) is 1. The second-order valence-corrected chi connectivity index (χ2v) is 6.71. The Bertz CT molecular complexity index is 737. The van der Waals surface area contributed by atoms with E-state index in [0.717, 1.165) is 26.1 Å². The topological polar surface area (TPSA) is 15.6 Å². The lowest BCUT2D eigenvalue weighted by Crippen LogP contribution is -2.40. The first-order chi connectivity index (χ1) is 11.7. The van der Waals surface area contributed by atoms with E-state index in [1.165, 1.54) is 23.8 Å². The summed E-state index contributed by atoms with van der Waals surface area (Å²) in [6.07, 6.45) is 1.62. The van der Waals surface area contributed by atoms with Crippen LogP contribution in [0.1, 0.15) is 24.0 Å². The van der Waals surface area contributed by atoms with Crippen LogP contribution in [0.15, 0.2) is 53.5 Å². The molecule has 1 fully saturated rings. The molecule has 0 spiro atoms. The minimum absolute atomic E-state index is 0.0708. The van der Waals surface area contributed by atoms with E-state index < -0.39 is 11.6 Å². The summed E-state index contributed by atoms with van der Waals surface area (Å²) in [5, 5.41) is 0. The van der Waals surface area contributed by atoms with Crippen LogP contribution in [-0.4, -0.2) is 29.7 Å². The van der Waals surface area contributed by atoms with Gasteiger partial charge >= 0.3 is 0 Å². The lowest BCUT2D eigenvalue weighted by Gasteiger charge is -2.34. The summed E-state index contributed by atoms with van der Waals surface area (Å²) in [5.74, 6) is -0.654. The molecule has 2 nitrogen and oxygen atoms in total. The molecule has 0 bridgehead atoms. The zero-order valence-electron chi connectivity index (χ0n) is 13.5. The van der Waals surface area contributed by atoms with Crippen LogP contribution in [-0.2, 0) is 6.54 Å². The summed E-state index contributed by atoms with van der Waals surface area (Å²) >= 11 is 0. The molecule has 0 amide bonds. The molecule has 0 aromatic heterocycles. The summed E-state index contributed by atoms with van der Waals surface area (Å²) in [7, 11) is 0. The van der Waals surface area contributed by atoms with Gasteiger partial charge in [0, 0.05) is 25.3 Å². The van der Waals surface area contributed by atoms with Crippen molar-refractivity contribution < 1.29 is 8.78 Å². The fourth-order valence-corrected chi connectivity index (χ4v) is 3.89. The van der Waals surface area contributed by atoms with E-state index in [9.17, 15) is 8.78 Å². The molecule has 2 aromatic carbocycles. The fraction of sp³-hybridized carbons (Fsp3) is 0.350. The van der Waals surface area contributed by atoms with E-state index in [1.807, 2.05) is 6.07 Å². The SMILES string of the molecule is Fc1cccc(F)c1C1=NC2CCN(Cc3ccccc3)CC2C1. The Labute approximate surface area is 140 Å². The van der Waals surface area contributed by atoms with E-state index in [2.05, 4.69) is 34.2 Å². The summed E-state index contributed by atoms with van der Waals surface area (Å²) in [6.45, 7) is 2.84. The Kier molecular flexibility index (Phi) is 4.15. The number of piperidine rings is 1. The molecule has 2 heterocycles. The molecular formula is C20H20F2N2. The lowest BCUT2D eigenvalue weighted by atomic mass is 9.90. The molecule has 2 atom stereocenters. The monoisotopic (exact) mass is 326 g/mol. The minimum atomic E-state index is -0.506. The highest BCUT2D eigenvalue weighted by Gasteiger charge is 2.36. The predicted octanol–water partition coefficient (Wildman–Crippen LogP) is 4.05. The molecule has 2 aromatic rings. The lowest BCUT2D eigenvalue weighted by molar-refractivity contribution is 0.160. The summed E-state index contributed by atoms with van der Waals surface area (Å²) in [5.41, 5.74) is 1.97. The highest BCUT2D eigenvalue weighted by atomic mass is 19.1. The van der Waals surface area contributed by atoms with Crippen LogP contribution in [0.5, 0.6) is 0 Å². The third-order valence-corrected chi connectivity index (χ3v) is 5.06. The Hall–Kier alpha value is -2.07. The number of hydrogen-bond acceptors (Lipinski definition) is 2. The van der Waals surface area contributed by atoms with Gasteiger partial charge in [-0.25, -0.2) is 8.78 Å². The van der Waals surface area contributed by atoms with Gasteiger partial charge in [0.15, 0.2) is 0 Å². The molecule has 2 aliphatic rings. The van der Waals surface area contributed by atoms with Crippen molar-refractivity contribution in [3.8, 4) is 0 Å². The zero-order valence-corrected chi connectivity index (χ0v) is 13.5. The van der Waals surface area contributed by atoms with Gasteiger partial charge in [0.05, 0.1) is 11.6 Å². The highest BCUT2D eigenvalue weighted by Crippen LogP contribution is 2.33. The van der Waals surface area contributed by atoms with E-state index in [4.69, 9.17) is 0 Å². The van der Waals surface area contributed by atoms with Crippen molar-refractivity contribution in [3.05, 3.63) is 71.3 Å². The van der Waals surface area contributed by atoms with Gasteiger partial charge in [0.1, 0.15) is 11.6 Å². The quantitative estimate of drug-likeness (QED) is 0.831. The number of aliphatic imine (C=N–C) groups is 1. The first-order valence-electron chi connectivity index (χ1n) is 8.48. The second kappa shape index (κ2) is 6.44. The van der Waals surface area contributed by atoms with E-state index in [0.29, 0.717) is 18.1 Å². The summed E-state index contributed by atoms with van der Waals surface area (Å²) in [6, 6.07) is 14.6. The molecule has 0 radical (unpaired) electrons. The van der Waals surface area contributed by atoms with Crippen molar-refractivity contribution in [3.63, 3.8) is 0 Å². The van der Waals surface area contributed by atoms with Gasteiger partial charge in [-0.15, -0.1) is 0 Å². The molecule has 4 rings (SSSR count). The largest absolute Gasteiger partial charge is 0.299 e. The minimum Gasteiger partial charge on any atom is -0.299 e. The molecule has 24 heavy (non-hydrogen) atoms. The third kappa shape index (κ3) is 2.98. The maximum Gasteiger partial charge on any atom is 0.135 e. The molecular weight excluding hydrogens is 306 g/mol. The van der Waals surface area contributed by atoms with Crippen LogP contribution in [0.25, 0.3) is 0 Å². The smallest absolute Gasteiger partial charge is 0.135 e. The number of rotatable bonds is 3. The van der Waals surface area contributed by atoms with Gasteiger partial charge in [-0.2, -0.15) is 0 Å². The van der Waals surface area contributed by atoms with Crippen LogP contribution in [0.2, 0.25) is 0 Å².